The molecule has 3 amide bonds. The van der Waals surface area contributed by atoms with Gasteiger partial charge in [-0.3, -0.25) is 14.4 Å². The lowest BCUT2D eigenvalue weighted by Crippen LogP contribution is -2.33. The number of halogens is 1. The van der Waals surface area contributed by atoms with Gasteiger partial charge in [-0.1, -0.05) is 11.6 Å². The number of amides is 3. The minimum atomic E-state index is -0.510. The van der Waals surface area contributed by atoms with Crippen molar-refractivity contribution in [3.8, 4) is 0 Å². The zero-order chi connectivity index (χ0) is 26.5. The van der Waals surface area contributed by atoms with E-state index in [0.717, 1.165) is 42.5 Å². The standard InChI is InChI=1S/C28H34ClN5O3/c1-4-33(5-2)25(35)13-12-23(26-30-22-11-9-20(29)17-24(22)31-26)32-27(36)19-8-10-21(18(3)16-19)28(37)34-14-6-7-15-34/h8-11,16-17,23H,4-7,12-15H2,1-3H3,(H,30,31)(H,32,36). The molecule has 37 heavy (non-hydrogen) atoms. The van der Waals surface area contributed by atoms with Crippen LogP contribution in [0.25, 0.3) is 11.0 Å². The maximum Gasteiger partial charge on any atom is 0.254 e. The Kier molecular flexibility index (Phi) is 8.48. The first-order valence-corrected chi connectivity index (χ1v) is 13.3. The van der Waals surface area contributed by atoms with Crippen LogP contribution >= 0.6 is 11.6 Å². The van der Waals surface area contributed by atoms with Gasteiger partial charge in [-0.15, -0.1) is 0 Å². The van der Waals surface area contributed by atoms with Crippen molar-refractivity contribution < 1.29 is 14.4 Å². The van der Waals surface area contributed by atoms with Gasteiger partial charge in [0.25, 0.3) is 11.8 Å². The molecule has 1 aliphatic heterocycles. The predicted molar refractivity (Wildman–Crippen MR) is 145 cm³/mol. The highest BCUT2D eigenvalue weighted by atomic mass is 35.5. The topological polar surface area (TPSA) is 98.4 Å². The Balaban J connectivity index is 1.55. The monoisotopic (exact) mass is 523 g/mol. The molecule has 196 valence electrons. The van der Waals surface area contributed by atoms with Crippen molar-refractivity contribution in [1.29, 1.82) is 0 Å². The zero-order valence-corrected chi connectivity index (χ0v) is 22.4. The highest BCUT2D eigenvalue weighted by molar-refractivity contribution is 6.31. The fourth-order valence-electron chi connectivity index (χ4n) is 4.82. The number of benzene rings is 2. The quantitative estimate of drug-likeness (QED) is 0.417. The Bertz CT molecular complexity index is 1290. The molecule has 1 fully saturated rings. The molecule has 0 bridgehead atoms. The number of aromatic nitrogens is 2. The molecule has 4 rings (SSSR count). The van der Waals surface area contributed by atoms with E-state index in [2.05, 4.69) is 15.3 Å². The summed E-state index contributed by atoms with van der Waals surface area (Å²) in [5.41, 5.74) is 3.33. The number of carbonyl (C=O) groups excluding carboxylic acids is 3. The summed E-state index contributed by atoms with van der Waals surface area (Å²) in [7, 11) is 0. The molecule has 1 unspecified atom stereocenters. The fourth-order valence-corrected chi connectivity index (χ4v) is 5.00. The summed E-state index contributed by atoms with van der Waals surface area (Å²) in [5, 5.41) is 3.64. The van der Waals surface area contributed by atoms with E-state index >= 15 is 0 Å². The number of hydrogen-bond donors (Lipinski definition) is 2. The molecule has 1 aliphatic rings. The molecule has 3 aromatic rings. The highest BCUT2D eigenvalue weighted by Gasteiger charge is 2.24. The van der Waals surface area contributed by atoms with Gasteiger partial charge in [0.15, 0.2) is 0 Å². The first kappa shape index (κ1) is 26.7. The van der Waals surface area contributed by atoms with Crippen LogP contribution in [0, 0.1) is 6.92 Å². The van der Waals surface area contributed by atoms with E-state index < -0.39 is 6.04 Å². The van der Waals surface area contributed by atoms with Gasteiger partial charge in [-0.05, 0) is 82.0 Å². The molecule has 9 heteroatoms. The summed E-state index contributed by atoms with van der Waals surface area (Å²) in [4.78, 5) is 50.4. The molecular formula is C28H34ClN5O3. The van der Waals surface area contributed by atoms with Crippen molar-refractivity contribution in [3.05, 3.63) is 63.9 Å². The smallest absolute Gasteiger partial charge is 0.254 e. The SMILES string of the molecule is CCN(CC)C(=O)CCC(NC(=O)c1ccc(C(=O)N2CCCC2)c(C)c1)c1nc2ccc(Cl)cc2[nH]1. The zero-order valence-electron chi connectivity index (χ0n) is 21.6. The van der Waals surface area contributed by atoms with Gasteiger partial charge in [0.1, 0.15) is 5.82 Å². The number of fused-ring (bicyclic) bond motifs is 1. The number of nitrogens with zero attached hydrogens (tertiary/aromatic N) is 3. The summed E-state index contributed by atoms with van der Waals surface area (Å²) < 4.78 is 0. The number of nitrogens with one attached hydrogen (secondary N) is 2. The van der Waals surface area contributed by atoms with Gasteiger partial charge >= 0.3 is 0 Å². The molecule has 1 aromatic heterocycles. The fraction of sp³-hybridized carbons (Fsp3) is 0.429. The number of carbonyl (C=O) groups is 3. The largest absolute Gasteiger partial charge is 0.343 e. The van der Waals surface area contributed by atoms with Crippen LogP contribution in [0.2, 0.25) is 5.02 Å². The summed E-state index contributed by atoms with van der Waals surface area (Å²) in [5.74, 6) is 0.317. The van der Waals surface area contributed by atoms with Crippen molar-refractivity contribution in [1.82, 2.24) is 25.1 Å². The van der Waals surface area contributed by atoms with Gasteiger partial charge < -0.3 is 20.1 Å². The van der Waals surface area contributed by atoms with Crippen LogP contribution in [-0.2, 0) is 4.79 Å². The summed E-state index contributed by atoms with van der Waals surface area (Å²) >= 11 is 6.14. The normalized spacial score (nSPS) is 14.1. The van der Waals surface area contributed by atoms with E-state index in [0.29, 0.717) is 41.5 Å². The Morgan fingerprint density at radius 3 is 2.51 bits per heavy atom. The molecule has 0 saturated carbocycles. The molecule has 1 saturated heterocycles. The second-order valence-corrected chi connectivity index (χ2v) is 9.88. The minimum Gasteiger partial charge on any atom is -0.343 e. The van der Waals surface area contributed by atoms with Crippen LogP contribution in [0.5, 0.6) is 0 Å². The predicted octanol–water partition coefficient (Wildman–Crippen LogP) is 4.88. The number of aryl methyl sites for hydroxylation is 1. The van der Waals surface area contributed by atoms with Gasteiger partial charge in [0.2, 0.25) is 5.91 Å². The van der Waals surface area contributed by atoms with Crippen LogP contribution in [0.15, 0.2) is 36.4 Å². The molecule has 8 nitrogen and oxygen atoms in total. The number of likely N-dealkylation sites (tertiary alicyclic amines) is 1. The van der Waals surface area contributed by atoms with E-state index in [-0.39, 0.29) is 24.1 Å². The van der Waals surface area contributed by atoms with Crippen LogP contribution < -0.4 is 5.32 Å². The van der Waals surface area contributed by atoms with Gasteiger partial charge in [-0.2, -0.15) is 0 Å². The van der Waals surface area contributed by atoms with Crippen LogP contribution in [-0.4, -0.2) is 63.7 Å². The summed E-state index contributed by atoms with van der Waals surface area (Å²) in [6.45, 7) is 8.57. The first-order valence-electron chi connectivity index (χ1n) is 12.9. The van der Waals surface area contributed by atoms with Crippen molar-refractivity contribution >= 4 is 40.4 Å². The lowest BCUT2D eigenvalue weighted by molar-refractivity contribution is -0.131. The highest BCUT2D eigenvalue weighted by Crippen LogP contribution is 2.24. The van der Waals surface area contributed by atoms with E-state index in [1.54, 1.807) is 35.2 Å². The van der Waals surface area contributed by atoms with Gasteiger partial charge in [0.05, 0.1) is 17.1 Å². The molecule has 2 heterocycles. The second kappa shape index (κ2) is 11.8. The summed E-state index contributed by atoms with van der Waals surface area (Å²) in [6.07, 6.45) is 2.71. The number of aromatic amines is 1. The average Bonchev–Trinajstić information content (AvgIpc) is 3.57. The Morgan fingerprint density at radius 2 is 1.84 bits per heavy atom. The van der Waals surface area contributed by atoms with E-state index in [9.17, 15) is 14.4 Å². The third-order valence-corrected chi connectivity index (χ3v) is 7.21. The molecule has 2 aromatic carbocycles. The van der Waals surface area contributed by atoms with Crippen LogP contribution in [0.1, 0.15) is 77.7 Å². The minimum absolute atomic E-state index is 0.00989. The van der Waals surface area contributed by atoms with Crippen molar-refractivity contribution in [3.63, 3.8) is 0 Å². The lowest BCUT2D eigenvalue weighted by atomic mass is 10.0. The van der Waals surface area contributed by atoms with E-state index in [1.807, 2.05) is 31.7 Å². The maximum absolute atomic E-state index is 13.3. The van der Waals surface area contributed by atoms with Gasteiger partial charge in [0, 0.05) is 48.7 Å². The molecule has 2 N–H and O–H groups in total. The molecule has 0 radical (unpaired) electrons. The maximum atomic E-state index is 13.3. The average molecular weight is 524 g/mol. The second-order valence-electron chi connectivity index (χ2n) is 9.44. The number of H-pyrrole nitrogens is 1. The van der Waals surface area contributed by atoms with E-state index in [1.165, 1.54) is 0 Å². The molecule has 0 spiro atoms. The van der Waals surface area contributed by atoms with E-state index in [4.69, 9.17) is 11.6 Å². The Hall–Kier alpha value is -3.39. The molecule has 0 aliphatic carbocycles. The third-order valence-electron chi connectivity index (χ3n) is 6.97. The third kappa shape index (κ3) is 6.13. The van der Waals surface area contributed by atoms with Crippen molar-refractivity contribution in [2.24, 2.45) is 0 Å². The Morgan fingerprint density at radius 1 is 1.11 bits per heavy atom. The first-order chi connectivity index (χ1) is 17.8. The Labute approximate surface area is 222 Å². The molecule has 1 atom stereocenters. The van der Waals surface area contributed by atoms with Crippen LogP contribution in [0.3, 0.4) is 0 Å². The van der Waals surface area contributed by atoms with Crippen LogP contribution in [0.4, 0.5) is 0 Å². The number of rotatable bonds is 9. The van der Waals surface area contributed by atoms with Crippen molar-refractivity contribution in [2.45, 2.75) is 52.5 Å². The van der Waals surface area contributed by atoms with Crippen molar-refractivity contribution in [2.75, 3.05) is 26.2 Å². The summed E-state index contributed by atoms with van der Waals surface area (Å²) in [6, 6.07) is 10.0. The lowest BCUT2D eigenvalue weighted by Gasteiger charge is -2.21. The van der Waals surface area contributed by atoms with Gasteiger partial charge in [-0.25, -0.2) is 4.98 Å². The number of imidazole rings is 1. The molecular weight excluding hydrogens is 490 g/mol. The number of hydrogen-bond acceptors (Lipinski definition) is 4.